The van der Waals surface area contributed by atoms with Crippen LogP contribution in [0, 0.1) is 5.92 Å². The number of methoxy groups -OCH3 is 1. The Kier molecular flexibility index (Phi) is 8.83. The number of carbonyl (C=O) groups excluding carboxylic acids is 1. The van der Waals surface area contributed by atoms with E-state index in [0.717, 1.165) is 32.5 Å². The number of rotatable bonds is 3. The van der Waals surface area contributed by atoms with E-state index in [2.05, 4.69) is 4.74 Å². The molecule has 1 saturated heterocycles. The average Bonchev–Trinajstić information content (AvgIpc) is 2.19. The summed E-state index contributed by atoms with van der Waals surface area (Å²) in [7, 11) is 1.56. The summed E-state index contributed by atoms with van der Waals surface area (Å²) in [6.07, 6.45) is 2.89. The molecule has 2 N–H and O–H groups in total. The highest BCUT2D eigenvalue weighted by Crippen LogP contribution is 2.18. The number of hydrogen-bond donors (Lipinski definition) is 1. The number of hydrogen-bond acceptors (Lipinski definition) is 4. The molecule has 0 spiro atoms. The molecule has 1 heterocycles. The van der Waals surface area contributed by atoms with Crippen LogP contribution in [0.3, 0.4) is 0 Å². The van der Waals surface area contributed by atoms with Crippen LogP contribution in [0.15, 0.2) is 0 Å². The highest BCUT2D eigenvalue weighted by molar-refractivity contribution is 5.75. The lowest BCUT2D eigenvalue weighted by Gasteiger charge is -2.20. The largest absolute Gasteiger partial charge is 0.381 e. The van der Waals surface area contributed by atoms with Gasteiger partial charge >= 0.3 is 0 Å². The van der Waals surface area contributed by atoms with Gasteiger partial charge in [-0.15, -0.1) is 0 Å². The van der Waals surface area contributed by atoms with Crippen molar-refractivity contribution in [2.75, 3.05) is 27.1 Å². The Bertz CT molecular complexity index is 142. The van der Waals surface area contributed by atoms with Crippen molar-refractivity contribution in [2.45, 2.75) is 26.2 Å². The lowest BCUT2D eigenvalue weighted by Crippen LogP contribution is -2.17. The van der Waals surface area contributed by atoms with Gasteiger partial charge in [-0.05, 0) is 25.7 Å². The first-order valence-corrected chi connectivity index (χ1v) is 4.96. The normalized spacial score (nSPS) is 17.1. The van der Waals surface area contributed by atoms with E-state index in [-0.39, 0.29) is 0 Å². The molecule has 1 aliphatic rings. The highest BCUT2D eigenvalue weighted by atomic mass is 16.5. The van der Waals surface area contributed by atoms with Crippen LogP contribution >= 0.6 is 0 Å². The highest BCUT2D eigenvalue weighted by Gasteiger charge is 2.14. The summed E-state index contributed by atoms with van der Waals surface area (Å²) in [6, 6.07) is 0. The predicted octanol–water partition coefficient (Wildman–Crippen LogP) is 0.941. The Balaban J connectivity index is 0.000000364. The topological polar surface area (TPSA) is 61.5 Å². The lowest BCUT2D eigenvalue weighted by atomic mass is 9.95. The van der Waals surface area contributed by atoms with Gasteiger partial charge in [0.15, 0.2) is 0 Å². The number of Topliss-reactive ketones (excluding diaryl/α,β-unsaturated/α-hetero) is 1. The molecule has 1 fully saturated rings. The second kappa shape index (κ2) is 9.12. The van der Waals surface area contributed by atoms with Crippen molar-refractivity contribution in [3.63, 3.8) is 0 Å². The van der Waals surface area contributed by atoms with Crippen LogP contribution in [0.25, 0.3) is 0 Å². The van der Waals surface area contributed by atoms with E-state index in [1.54, 1.807) is 14.0 Å². The summed E-state index contributed by atoms with van der Waals surface area (Å²) in [5.74, 6) is 0.915. The van der Waals surface area contributed by atoms with E-state index in [1.807, 2.05) is 0 Å². The van der Waals surface area contributed by atoms with Crippen LogP contribution in [0.5, 0.6) is 0 Å². The first kappa shape index (κ1) is 13.5. The van der Waals surface area contributed by atoms with Gasteiger partial charge in [0.25, 0.3) is 0 Å². The van der Waals surface area contributed by atoms with Gasteiger partial charge in [0.1, 0.15) is 5.78 Å². The van der Waals surface area contributed by atoms with Crippen molar-refractivity contribution >= 4 is 5.78 Å². The maximum Gasteiger partial charge on any atom is 0.130 e. The van der Waals surface area contributed by atoms with Crippen LogP contribution < -0.4 is 5.73 Å². The minimum absolute atomic E-state index is 0.312. The Morgan fingerprint density at radius 2 is 2.00 bits per heavy atom. The molecule has 4 heteroatoms. The fourth-order valence-corrected chi connectivity index (χ4v) is 1.36. The SMILES string of the molecule is CC(=O)CC1CCOCC1.COCN. The Hall–Kier alpha value is -0.450. The molecule has 4 nitrogen and oxygen atoms in total. The molecular weight excluding hydrogens is 182 g/mol. The molecule has 14 heavy (non-hydrogen) atoms. The van der Waals surface area contributed by atoms with Crippen LogP contribution in [0.1, 0.15) is 26.2 Å². The molecule has 0 saturated carbocycles. The van der Waals surface area contributed by atoms with Gasteiger partial charge in [-0.2, -0.15) is 0 Å². The molecule has 1 aliphatic heterocycles. The number of ketones is 1. The third-order valence-electron chi connectivity index (χ3n) is 2.08. The van der Waals surface area contributed by atoms with E-state index in [9.17, 15) is 4.79 Å². The van der Waals surface area contributed by atoms with Crippen LogP contribution in [-0.2, 0) is 14.3 Å². The molecule has 0 aromatic rings. The molecule has 1 rings (SSSR count). The van der Waals surface area contributed by atoms with E-state index in [1.165, 1.54) is 0 Å². The Morgan fingerprint density at radius 3 is 2.36 bits per heavy atom. The van der Waals surface area contributed by atoms with Crippen LogP contribution in [0.2, 0.25) is 0 Å². The van der Waals surface area contributed by atoms with E-state index >= 15 is 0 Å². The fourth-order valence-electron chi connectivity index (χ4n) is 1.36. The summed E-state index contributed by atoms with van der Waals surface area (Å²) < 4.78 is 9.49. The van der Waals surface area contributed by atoms with Gasteiger partial charge in [-0.1, -0.05) is 0 Å². The molecular formula is C10H21NO3. The first-order chi connectivity index (χ1) is 6.70. The molecule has 0 amide bonds. The first-order valence-electron chi connectivity index (χ1n) is 4.96. The molecule has 84 valence electrons. The van der Waals surface area contributed by atoms with E-state index in [0.29, 0.717) is 18.4 Å². The molecule has 0 unspecified atom stereocenters. The fraction of sp³-hybridized carbons (Fsp3) is 0.900. The van der Waals surface area contributed by atoms with E-state index < -0.39 is 0 Å². The maximum absolute atomic E-state index is 10.7. The van der Waals surface area contributed by atoms with Crippen molar-refractivity contribution in [1.82, 2.24) is 0 Å². The Labute approximate surface area is 85.8 Å². The molecule has 0 radical (unpaired) electrons. The Morgan fingerprint density at radius 1 is 1.50 bits per heavy atom. The monoisotopic (exact) mass is 203 g/mol. The van der Waals surface area contributed by atoms with Crippen molar-refractivity contribution < 1.29 is 14.3 Å². The summed E-state index contributed by atoms with van der Waals surface area (Å²) in [5.41, 5.74) is 4.81. The standard InChI is InChI=1S/C8H14O2.C2H7NO/c1-7(9)6-8-2-4-10-5-3-8;1-4-2-3/h8H,2-6H2,1H3;2-3H2,1H3. The smallest absolute Gasteiger partial charge is 0.130 e. The van der Waals surface area contributed by atoms with E-state index in [4.69, 9.17) is 10.5 Å². The van der Waals surface area contributed by atoms with Gasteiger partial charge < -0.3 is 20.0 Å². The van der Waals surface area contributed by atoms with Crippen molar-refractivity contribution in [3.8, 4) is 0 Å². The molecule has 0 aromatic carbocycles. The van der Waals surface area contributed by atoms with Crippen molar-refractivity contribution in [2.24, 2.45) is 11.7 Å². The quantitative estimate of drug-likeness (QED) is 0.693. The number of nitrogens with two attached hydrogens (primary N) is 1. The average molecular weight is 203 g/mol. The molecule has 0 bridgehead atoms. The zero-order valence-corrected chi connectivity index (χ0v) is 9.12. The minimum Gasteiger partial charge on any atom is -0.381 e. The summed E-state index contributed by atoms with van der Waals surface area (Å²) >= 11 is 0. The zero-order chi connectivity index (χ0) is 10.8. The van der Waals surface area contributed by atoms with Crippen molar-refractivity contribution in [1.29, 1.82) is 0 Å². The summed E-state index contributed by atoms with van der Waals surface area (Å²) in [5, 5.41) is 0. The molecule has 0 aliphatic carbocycles. The van der Waals surface area contributed by atoms with Gasteiger partial charge in [-0.3, -0.25) is 0 Å². The van der Waals surface area contributed by atoms with Gasteiger partial charge in [0.05, 0.1) is 6.73 Å². The second-order valence-corrected chi connectivity index (χ2v) is 3.42. The van der Waals surface area contributed by atoms with Crippen molar-refractivity contribution in [3.05, 3.63) is 0 Å². The van der Waals surface area contributed by atoms with Crippen LogP contribution in [0.4, 0.5) is 0 Å². The predicted molar refractivity (Wildman–Crippen MR) is 54.9 cm³/mol. The summed E-state index contributed by atoms with van der Waals surface area (Å²) in [4.78, 5) is 10.7. The molecule has 0 aromatic heterocycles. The van der Waals surface area contributed by atoms with Gasteiger partial charge in [0, 0.05) is 26.7 Å². The van der Waals surface area contributed by atoms with Gasteiger partial charge in [-0.25, -0.2) is 0 Å². The third-order valence-corrected chi connectivity index (χ3v) is 2.08. The summed E-state index contributed by atoms with van der Waals surface area (Å²) in [6.45, 7) is 3.67. The number of carbonyl (C=O) groups is 1. The lowest BCUT2D eigenvalue weighted by molar-refractivity contribution is -0.118. The number of ether oxygens (including phenoxy) is 2. The maximum atomic E-state index is 10.7. The zero-order valence-electron chi connectivity index (χ0n) is 9.12. The second-order valence-electron chi connectivity index (χ2n) is 3.42. The van der Waals surface area contributed by atoms with Gasteiger partial charge in [0.2, 0.25) is 0 Å². The van der Waals surface area contributed by atoms with Crippen LogP contribution in [-0.4, -0.2) is 32.8 Å². The molecule has 0 atom stereocenters. The third kappa shape index (κ3) is 8.16. The minimum atomic E-state index is 0.312.